The monoisotopic (exact) mass is 380 g/mol. The molecule has 0 saturated carbocycles. The van der Waals surface area contributed by atoms with E-state index in [9.17, 15) is 13.2 Å². The molecule has 0 fully saturated rings. The summed E-state index contributed by atoms with van der Waals surface area (Å²) in [6.07, 6.45) is -0.705. The van der Waals surface area contributed by atoms with Crippen molar-refractivity contribution in [1.29, 1.82) is 0 Å². The van der Waals surface area contributed by atoms with Crippen molar-refractivity contribution < 1.29 is 27.4 Å². The van der Waals surface area contributed by atoms with Crippen LogP contribution in [0.15, 0.2) is 47.4 Å². The highest BCUT2D eigenvalue weighted by Gasteiger charge is 2.18. The van der Waals surface area contributed by atoms with Gasteiger partial charge >= 0.3 is 6.09 Å². The predicted molar refractivity (Wildman–Crippen MR) is 97.4 cm³/mol. The Hall–Kier alpha value is -2.94. The van der Waals surface area contributed by atoms with Gasteiger partial charge in [0.2, 0.25) is 0 Å². The van der Waals surface area contributed by atoms with E-state index >= 15 is 0 Å². The van der Waals surface area contributed by atoms with Crippen LogP contribution in [0, 0.1) is 0 Å². The third kappa shape index (κ3) is 4.79. The van der Waals surface area contributed by atoms with E-state index in [0.717, 1.165) is 0 Å². The van der Waals surface area contributed by atoms with E-state index in [1.807, 2.05) is 0 Å². The molecule has 26 heavy (non-hydrogen) atoms. The molecule has 9 heteroatoms. The molecule has 140 valence electrons. The lowest BCUT2D eigenvalue weighted by atomic mass is 10.3. The van der Waals surface area contributed by atoms with Crippen LogP contribution >= 0.6 is 0 Å². The molecule has 0 atom stereocenters. The summed E-state index contributed by atoms with van der Waals surface area (Å²) in [6, 6.07) is 10.6. The number of ether oxygens (including phenoxy) is 3. The molecule has 1 amide bonds. The summed E-state index contributed by atoms with van der Waals surface area (Å²) in [5.41, 5.74) is 0.560. The standard InChI is InChI=1S/C17H20N2O6S/c1-4-25-17(20)18-15-11-14(9-10-16(15)24-3)26(21,22)19-12-5-7-13(23-2)8-6-12/h5-11,19H,4H2,1-3H3,(H,18,20). The molecule has 2 aromatic carbocycles. The third-order valence-electron chi connectivity index (χ3n) is 3.34. The summed E-state index contributed by atoms with van der Waals surface area (Å²) in [5.74, 6) is 0.916. The zero-order chi connectivity index (χ0) is 19.2. The first kappa shape index (κ1) is 19.4. The fourth-order valence-electron chi connectivity index (χ4n) is 2.10. The maximum absolute atomic E-state index is 12.6. The molecule has 2 rings (SSSR count). The summed E-state index contributed by atoms with van der Waals surface area (Å²) in [7, 11) is -0.932. The molecule has 0 aromatic heterocycles. The molecular formula is C17H20N2O6S. The van der Waals surface area contributed by atoms with Crippen LogP contribution in [0.4, 0.5) is 16.2 Å². The van der Waals surface area contributed by atoms with Gasteiger partial charge in [-0.05, 0) is 49.4 Å². The van der Waals surface area contributed by atoms with Gasteiger partial charge in [-0.3, -0.25) is 10.0 Å². The normalized spacial score (nSPS) is 10.7. The number of hydrogen-bond donors (Lipinski definition) is 2. The highest BCUT2D eigenvalue weighted by Crippen LogP contribution is 2.29. The Labute approximate surface area is 152 Å². The molecule has 0 radical (unpaired) electrons. The summed E-state index contributed by atoms with van der Waals surface area (Å²) >= 11 is 0. The van der Waals surface area contributed by atoms with Crippen LogP contribution in [0.5, 0.6) is 11.5 Å². The second kappa shape index (κ2) is 8.43. The third-order valence-corrected chi connectivity index (χ3v) is 4.71. The number of sulfonamides is 1. The second-order valence-corrected chi connectivity index (χ2v) is 6.72. The van der Waals surface area contributed by atoms with Gasteiger partial charge in [0, 0.05) is 5.69 Å². The molecule has 0 heterocycles. The minimum absolute atomic E-state index is 0.0408. The molecule has 2 aromatic rings. The van der Waals surface area contributed by atoms with Crippen molar-refractivity contribution in [2.45, 2.75) is 11.8 Å². The van der Waals surface area contributed by atoms with Crippen molar-refractivity contribution in [2.75, 3.05) is 30.9 Å². The Morgan fingerprint density at radius 3 is 2.31 bits per heavy atom. The van der Waals surface area contributed by atoms with Crippen LogP contribution in [0.1, 0.15) is 6.92 Å². The summed E-state index contributed by atoms with van der Waals surface area (Å²) in [6.45, 7) is 1.85. The van der Waals surface area contributed by atoms with Crippen LogP contribution < -0.4 is 19.5 Å². The lowest BCUT2D eigenvalue weighted by molar-refractivity contribution is 0.168. The number of hydrogen-bond acceptors (Lipinski definition) is 6. The van der Waals surface area contributed by atoms with Gasteiger partial charge in [0.15, 0.2) is 0 Å². The molecule has 0 aliphatic rings. The van der Waals surface area contributed by atoms with Crippen molar-refractivity contribution in [3.8, 4) is 11.5 Å². The van der Waals surface area contributed by atoms with Crippen molar-refractivity contribution in [2.24, 2.45) is 0 Å². The molecule has 0 bridgehead atoms. The largest absolute Gasteiger partial charge is 0.497 e. The number of anilines is 2. The van der Waals surface area contributed by atoms with Gasteiger partial charge in [-0.1, -0.05) is 0 Å². The molecule has 0 unspecified atom stereocenters. The van der Waals surface area contributed by atoms with E-state index in [1.54, 1.807) is 31.2 Å². The summed E-state index contributed by atoms with van der Waals surface area (Å²) < 4.78 is 42.6. The van der Waals surface area contributed by atoms with E-state index in [0.29, 0.717) is 17.2 Å². The molecule has 0 aliphatic carbocycles. The fourth-order valence-corrected chi connectivity index (χ4v) is 3.19. The molecule has 2 N–H and O–H groups in total. The van der Waals surface area contributed by atoms with Crippen molar-refractivity contribution in [3.05, 3.63) is 42.5 Å². The Kier molecular flexibility index (Phi) is 6.29. The van der Waals surface area contributed by atoms with Crippen molar-refractivity contribution in [3.63, 3.8) is 0 Å². The van der Waals surface area contributed by atoms with Gasteiger partial charge in [0.05, 0.1) is 31.4 Å². The Bertz CT molecular complexity index is 865. The number of methoxy groups -OCH3 is 2. The number of carbonyl (C=O) groups is 1. The smallest absolute Gasteiger partial charge is 0.411 e. The zero-order valence-electron chi connectivity index (χ0n) is 14.6. The van der Waals surface area contributed by atoms with Crippen LogP contribution in [-0.4, -0.2) is 35.3 Å². The van der Waals surface area contributed by atoms with Gasteiger partial charge < -0.3 is 14.2 Å². The van der Waals surface area contributed by atoms with Crippen molar-refractivity contribution in [1.82, 2.24) is 0 Å². The Balaban J connectivity index is 2.28. The van der Waals surface area contributed by atoms with E-state index in [-0.39, 0.29) is 17.2 Å². The maximum atomic E-state index is 12.6. The number of rotatable bonds is 7. The van der Waals surface area contributed by atoms with Crippen LogP contribution in [0.3, 0.4) is 0 Å². The number of benzene rings is 2. The Morgan fingerprint density at radius 1 is 1.04 bits per heavy atom. The van der Waals surface area contributed by atoms with E-state index < -0.39 is 16.1 Å². The zero-order valence-corrected chi connectivity index (χ0v) is 15.4. The molecule has 0 aliphatic heterocycles. The molecular weight excluding hydrogens is 360 g/mol. The maximum Gasteiger partial charge on any atom is 0.411 e. The minimum Gasteiger partial charge on any atom is -0.497 e. The van der Waals surface area contributed by atoms with Gasteiger partial charge in [-0.25, -0.2) is 13.2 Å². The van der Waals surface area contributed by atoms with E-state index in [2.05, 4.69) is 10.0 Å². The predicted octanol–water partition coefficient (Wildman–Crippen LogP) is 3.07. The SMILES string of the molecule is CCOC(=O)Nc1cc(S(=O)(=O)Nc2ccc(OC)cc2)ccc1OC. The Morgan fingerprint density at radius 2 is 1.73 bits per heavy atom. The average molecular weight is 380 g/mol. The molecule has 8 nitrogen and oxygen atoms in total. The van der Waals surface area contributed by atoms with E-state index in [1.165, 1.54) is 32.4 Å². The highest BCUT2D eigenvalue weighted by atomic mass is 32.2. The van der Waals surface area contributed by atoms with Crippen LogP contribution in [-0.2, 0) is 14.8 Å². The van der Waals surface area contributed by atoms with Gasteiger partial charge in [-0.15, -0.1) is 0 Å². The van der Waals surface area contributed by atoms with E-state index in [4.69, 9.17) is 14.2 Å². The lowest BCUT2D eigenvalue weighted by Gasteiger charge is -2.13. The molecule has 0 spiro atoms. The van der Waals surface area contributed by atoms with Gasteiger partial charge in [0.1, 0.15) is 11.5 Å². The lowest BCUT2D eigenvalue weighted by Crippen LogP contribution is -2.16. The summed E-state index contributed by atoms with van der Waals surface area (Å²) in [5, 5.41) is 2.46. The van der Waals surface area contributed by atoms with Crippen LogP contribution in [0.2, 0.25) is 0 Å². The van der Waals surface area contributed by atoms with Gasteiger partial charge in [-0.2, -0.15) is 0 Å². The number of nitrogens with one attached hydrogen (secondary N) is 2. The average Bonchev–Trinajstić information content (AvgIpc) is 2.62. The van der Waals surface area contributed by atoms with Crippen LogP contribution in [0.25, 0.3) is 0 Å². The first-order valence-electron chi connectivity index (χ1n) is 7.68. The fraction of sp³-hybridized carbons (Fsp3) is 0.235. The highest BCUT2D eigenvalue weighted by molar-refractivity contribution is 7.92. The van der Waals surface area contributed by atoms with Gasteiger partial charge in [0.25, 0.3) is 10.0 Å². The topological polar surface area (TPSA) is 103 Å². The first-order valence-corrected chi connectivity index (χ1v) is 9.16. The number of amides is 1. The molecule has 0 saturated heterocycles. The number of carbonyl (C=O) groups excluding carboxylic acids is 1. The second-order valence-electron chi connectivity index (χ2n) is 5.04. The minimum atomic E-state index is -3.87. The summed E-state index contributed by atoms with van der Waals surface area (Å²) in [4.78, 5) is 11.6. The quantitative estimate of drug-likeness (QED) is 0.765. The van der Waals surface area contributed by atoms with Crippen molar-refractivity contribution >= 4 is 27.5 Å². The first-order chi connectivity index (χ1) is 12.4.